The summed E-state index contributed by atoms with van der Waals surface area (Å²) in [7, 11) is 2.15. The monoisotopic (exact) mass is 306 g/mol. The van der Waals surface area contributed by atoms with Crippen molar-refractivity contribution in [1.29, 1.82) is 0 Å². The summed E-state index contributed by atoms with van der Waals surface area (Å²) in [6.45, 7) is 9.24. The normalized spacial score (nSPS) is 18.1. The molecule has 1 aromatic heterocycles. The molecule has 0 bridgehead atoms. The number of pyridine rings is 1. The molecule has 1 unspecified atom stereocenters. The molecule has 0 aromatic carbocycles. The van der Waals surface area contributed by atoms with Gasteiger partial charge in [-0.05, 0) is 39.4 Å². The van der Waals surface area contributed by atoms with Crippen LogP contribution in [0.5, 0.6) is 0 Å². The molecule has 0 radical (unpaired) electrons. The van der Waals surface area contributed by atoms with Gasteiger partial charge in [-0.25, -0.2) is 9.78 Å². The largest absolute Gasteiger partial charge is 0.478 e. The number of aryl methyl sites for hydroxylation is 1. The summed E-state index contributed by atoms with van der Waals surface area (Å²) < 4.78 is 0. The number of nitrogens with one attached hydrogen (secondary N) is 1. The van der Waals surface area contributed by atoms with Gasteiger partial charge in [0.05, 0.1) is 0 Å². The van der Waals surface area contributed by atoms with Crippen molar-refractivity contribution in [2.24, 2.45) is 0 Å². The van der Waals surface area contributed by atoms with E-state index in [9.17, 15) is 9.90 Å². The number of anilines is 1. The van der Waals surface area contributed by atoms with Gasteiger partial charge < -0.3 is 15.3 Å². The van der Waals surface area contributed by atoms with Crippen LogP contribution < -0.4 is 5.32 Å². The first kappa shape index (κ1) is 16.7. The van der Waals surface area contributed by atoms with E-state index in [2.05, 4.69) is 34.1 Å². The average molecular weight is 306 g/mol. The lowest BCUT2D eigenvalue weighted by molar-refractivity contribution is 0.0697. The fourth-order valence-corrected chi connectivity index (χ4v) is 2.71. The summed E-state index contributed by atoms with van der Waals surface area (Å²) in [6, 6.07) is 3.82. The number of nitrogens with zero attached hydrogens (tertiary/aromatic N) is 3. The van der Waals surface area contributed by atoms with Crippen LogP contribution in [0.15, 0.2) is 12.1 Å². The van der Waals surface area contributed by atoms with Gasteiger partial charge in [0.1, 0.15) is 11.4 Å². The van der Waals surface area contributed by atoms with Gasteiger partial charge in [-0.15, -0.1) is 0 Å². The number of likely N-dealkylation sites (N-methyl/N-ethyl adjacent to an activating group) is 1. The zero-order chi connectivity index (χ0) is 16.1. The van der Waals surface area contributed by atoms with Crippen LogP contribution in [-0.4, -0.2) is 71.7 Å². The van der Waals surface area contributed by atoms with Gasteiger partial charge in [-0.1, -0.05) is 0 Å². The van der Waals surface area contributed by atoms with Crippen LogP contribution in [0.4, 0.5) is 5.82 Å². The predicted molar refractivity (Wildman–Crippen MR) is 87.6 cm³/mol. The summed E-state index contributed by atoms with van der Waals surface area (Å²) in [6.07, 6.45) is 0.971. The summed E-state index contributed by atoms with van der Waals surface area (Å²) >= 11 is 0. The van der Waals surface area contributed by atoms with E-state index >= 15 is 0 Å². The minimum absolute atomic E-state index is 0.234. The molecular formula is C16H26N4O2. The van der Waals surface area contributed by atoms with Gasteiger partial charge in [0.25, 0.3) is 0 Å². The molecule has 6 heteroatoms. The third-order valence-electron chi connectivity index (χ3n) is 4.28. The zero-order valence-electron chi connectivity index (χ0n) is 13.7. The molecule has 0 spiro atoms. The second-order valence-corrected chi connectivity index (χ2v) is 6.06. The highest BCUT2D eigenvalue weighted by Gasteiger charge is 2.19. The average Bonchev–Trinajstić information content (AvgIpc) is 2.47. The Bertz CT molecular complexity index is 513. The summed E-state index contributed by atoms with van der Waals surface area (Å²) in [4.78, 5) is 20.4. The maximum absolute atomic E-state index is 11.2. The third kappa shape index (κ3) is 4.42. The maximum atomic E-state index is 11.2. The molecule has 1 fully saturated rings. The van der Waals surface area contributed by atoms with Crippen molar-refractivity contribution < 1.29 is 9.90 Å². The Kier molecular flexibility index (Phi) is 5.74. The molecule has 0 amide bonds. The first-order chi connectivity index (χ1) is 10.5. The Morgan fingerprint density at radius 3 is 2.68 bits per heavy atom. The van der Waals surface area contributed by atoms with E-state index in [1.807, 2.05) is 6.92 Å². The Morgan fingerprint density at radius 2 is 2.05 bits per heavy atom. The molecule has 1 atom stereocenters. The van der Waals surface area contributed by atoms with Gasteiger partial charge in [-0.2, -0.15) is 0 Å². The lowest BCUT2D eigenvalue weighted by Crippen LogP contribution is -2.48. The quantitative estimate of drug-likeness (QED) is 0.830. The second kappa shape index (κ2) is 7.56. The van der Waals surface area contributed by atoms with E-state index in [-0.39, 0.29) is 5.56 Å². The molecule has 1 aliphatic heterocycles. The molecule has 1 aliphatic rings. The molecule has 0 aliphatic carbocycles. The number of piperazine rings is 1. The molecule has 1 aromatic rings. The number of carboxylic acid groups (broad SMARTS) is 1. The highest BCUT2D eigenvalue weighted by Crippen LogP contribution is 2.14. The Labute approximate surface area is 132 Å². The zero-order valence-corrected chi connectivity index (χ0v) is 13.7. The number of carbonyl (C=O) groups is 1. The van der Waals surface area contributed by atoms with Crippen molar-refractivity contribution in [3.8, 4) is 0 Å². The third-order valence-corrected chi connectivity index (χ3v) is 4.28. The predicted octanol–water partition coefficient (Wildman–Crippen LogP) is 1.53. The van der Waals surface area contributed by atoms with Crippen LogP contribution in [0.25, 0.3) is 0 Å². The van der Waals surface area contributed by atoms with Crippen LogP contribution in [0.3, 0.4) is 0 Å². The van der Waals surface area contributed by atoms with E-state index in [1.54, 1.807) is 12.1 Å². The number of hydrogen-bond acceptors (Lipinski definition) is 5. The Balaban J connectivity index is 1.85. The van der Waals surface area contributed by atoms with Crippen LogP contribution in [0, 0.1) is 6.92 Å². The standard InChI is InChI=1S/C16H26N4O2/c1-12-4-5-14(16(21)22)15(18-12)17-7-6-13(2)20-10-8-19(3)9-11-20/h4-5,13H,6-11H2,1-3H3,(H,17,18)(H,21,22). The Hall–Kier alpha value is -1.66. The molecule has 2 rings (SSSR count). The van der Waals surface area contributed by atoms with Gasteiger partial charge in [0.2, 0.25) is 0 Å². The number of aromatic nitrogens is 1. The van der Waals surface area contributed by atoms with E-state index in [0.29, 0.717) is 11.9 Å². The summed E-state index contributed by atoms with van der Waals surface area (Å²) in [5.74, 6) is -0.472. The molecule has 22 heavy (non-hydrogen) atoms. The minimum atomic E-state index is -0.942. The lowest BCUT2D eigenvalue weighted by Gasteiger charge is -2.36. The van der Waals surface area contributed by atoms with Crippen molar-refractivity contribution in [1.82, 2.24) is 14.8 Å². The minimum Gasteiger partial charge on any atom is -0.478 e. The Morgan fingerprint density at radius 1 is 1.36 bits per heavy atom. The fourth-order valence-electron chi connectivity index (χ4n) is 2.71. The van der Waals surface area contributed by atoms with Crippen LogP contribution >= 0.6 is 0 Å². The van der Waals surface area contributed by atoms with Gasteiger partial charge in [0.15, 0.2) is 0 Å². The maximum Gasteiger partial charge on any atom is 0.339 e. The molecule has 0 saturated carbocycles. The molecule has 1 saturated heterocycles. The first-order valence-electron chi connectivity index (χ1n) is 7.85. The van der Waals surface area contributed by atoms with Crippen LogP contribution in [0.2, 0.25) is 0 Å². The van der Waals surface area contributed by atoms with Crippen LogP contribution in [0.1, 0.15) is 29.4 Å². The number of rotatable bonds is 6. The molecular weight excluding hydrogens is 280 g/mol. The first-order valence-corrected chi connectivity index (χ1v) is 7.85. The van der Waals surface area contributed by atoms with Gasteiger partial charge >= 0.3 is 5.97 Å². The lowest BCUT2D eigenvalue weighted by atomic mass is 10.1. The van der Waals surface area contributed by atoms with Crippen molar-refractivity contribution >= 4 is 11.8 Å². The van der Waals surface area contributed by atoms with E-state index in [4.69, 9.17) is 0 Å². The van der Waals surface area contributed by atoms with E-state index < -0.39 is 5.97 Å². The van der Waals surface area contributed by atoms with Crippen molar-refractivity contribution in [3.05, 3.63) is 23.4 Å². The van der Waals surface area contributed by atoms with Gasteiger partial charge in [0, 0.05) is 44.5 Å². The van der Waals surface area contributed by atoms with Crippen molar-refractivity contribution in [3.63, 3.8) is 0 Å². The number of carboxylic acids is 1. The van der Waals surface area contributed by atoms with Crippen molar-refractivity contribution in [2.45, 2.75) is 26.3 Å². The van der Waals surface area contributed by atoms with E-state index in [0.717, 1.165) is 44.8 Å². The fraction of sp³-hybridized carbons (Fsp3) is 0.625. The highest BCUT2D eigenvalue weighted by molar-refractivity contribution is 5.93. The van der Waals surface area contributed by atoms with Crippen molar-refractivity contribution in [2.75, 3.05) is 45.1 Å². The molecule has 6 nitrogen and oxygen atoms in total. The number of hydrogen-bond donors (Lipinski definition) is 2. The summed E-state index contributed by atoms with van der Waals surface area (Å²) in [5, 5.41) is 12.4. The smallest absolute Gasteiger partial charge is 0.339 e. The second-order valence-electron chi connectivity index (χ2n) is 6.06. The van der Waals surface area contributed by atoms with Gasteiger partial charge in [-0.3, -0.25) is 4.90 Å². The molecule has 2 N–H and O–H groups in total. The highest BCUT2D eigenvalue weighted by atomic mass is 16.4. The topological polar surface area (TPSA) is 68.7 Å². The van der Waals surface area contributed by atoms with Crippen LogP contribution in [-0.2, 0) is 0 Å². The SMILES string of the molecule is Cc1ccc(C(=O)O)c(NCCC(C)N2CCN(C)CC2)n1. The molecule has 122 valence electrons. The van der Waals surface area contributed by atoms with E-state index in [1.165, 1.54) is 0 Å². The summed E-state index contributed by atoms with van der Waals surface area (Å²) in [5.41, 5.74) is 1.05. The molecule has 2 heterocycles. The number of aromatic carboxylic acids is 1.